The van der Waals surface area contributed by atoms with Crippen molar-refractivity contribution in [2.75, 3.05) is 4.90 Å². The van der Waals surface area contributed by atoms with Crippen LogP contribution in [0.4, 0.5) is 17.1 Å². The smallest absolute Gasteiger partial charge is 0.145 e. The molecule has 2 aromatic heterocycles. The minimum atomic E-state index is -1.62. The van der Waals surface area contributed by atoms with Crippen molar-refractivity contribution in [2.24, 2.45) is 0 Å². The van der Waals surface area contributed by atoms with Crippen LogP contribution in [-0.4, -0.2) is 12.6 Å². The molecule has 0 spiro atoms. The van der Waals surface area contributed by atoms with Gasteiger partial charge in [-0.15, -0.1) is 0 Å². The normalized spacial score (nSPS) is 13.2. The highest BCUT2D eigenvalue weighted by Gasteiger charge is 2.48. The molecule has 4 heteroatoms. The van der Waals surface area contributed by atoms with Gasteiger partial charge in [0.25, 0.3) is 0 Å². The molecular formula is C58H44N2OSi. The Labute approximate surface area is 362 Å². The van der Waals surface area contributed by atoms with Crippen molar-refractivity contribution in [1.82, 2.24) is 4.57 Å². The molecule has 0 fully saturated rings. The summed E-state index contributed by atoms with van der Waals surface area (Å²) in [5.74, 6) is 0. The van der Waals surface area contributed by atoms with Crippen molar-refractivity contribution in [1.29, 1.82) is 0 Å². The van der Waals surface area contributed by atoms with E-state index in [0.29, 0.717) is 0 Å². The van der Waals surface area contributed by atoms with Crippen LogP contribution in [0.5, 0.6) is 0 Å². The third kappa shape index (κ3) is 5.23. The van der Waals surface area contributed by atoms with Crippen LogP contribution in [0.25, 0.3) is 60.6 Å². The molecular weight excluding hydrogens is 769 g/mol. The Kier molecular flexibility index (Phi) is 8.12. The molecule has 0 saturated heterocycles. The molecule has 0 atom stereocenters. The van der Waals surface area contributed by atoms with Crippen molar-refractivity contribution >= 4 is 74.1 Å². The van der Waals surface area contributed by atoms with Gasteiger partial charge >= 0.3 is 0 Å². The number of para-hydroxylation sites is 4. The maximum atomic E-state index is 7.25. The monoisotopic (exact) mass is 812 g/mol. The molecule has 62 heavy (non-hydrogen) atoms. The van der Waals surface area contributed by atoms with E-state index in [-0.39, 0.29) is 0 Å². The Balaban J connectivity index is 1.28. The molecule has 1 aliphatic carbocycles. The summed E-state index contributed by atoms with van der Waals surface area (Å²) in [5, 5.41) is 6.04. The Morgan fingerprint density at radius 2 is 1.10 bits per heavy atom. The van der Waals surface area contributed by atoms with Gasteiger partial charge in [-0.2, -0.15) is 0 Å². The summed E-state index contributed by atoms with van der Waals surface area (Å²) in [6.07, 6.45) is 0. The largest absolute Gasteiger partial charge is 0.455 e. The van der Waals surface area contributed by atoms with Gasteiger partial charge in [-0.05, 0) is 76.3 Å². The number of fused-ring (bicyclic) bond motifs is 10. The second-order valence-corrected chi connectivity index (χ2v) is 22.7. The maximum absolute atomic E-state index is 7.25. The van der Waals surface area contributed by atoms with Crippen molar-refractivity contribution in [3.05, 3.63) is 235 Å². The summed E-state index contributed by atoms with van der Waals surface area (Å²) in [6.45, 7) is 7.26. The quantitative estimate of drug-likeness (QED) is 0.150. The van der Waals surface area contributed by atoms with Gasteiger partial charge in [0, 0.05) is 33.1 Å². The standard InChI is InChI=1S/C58H44N2OSi/c1-62(2,3)43-36-34-42(35-37-43)59(51-32-19-29-45-44-26-14-17-31-50(44)60(56(45)51)41-24-11-6-12-25-41)52-38-49-54(57-55(52)47-28-15-18-33-53(47)61-57)46-27-13-16-30-48(46)58(49,39-20-7-4-8-21-39)40-22-9-5-10-23-40/h4-38H,1-3H3. The Hall–Kier alpha value is -7.40. The molecule has 11 aromatic rings. The molecule has 296 valence electrons. The molecule has 0 saturated carbocycles. The van der Waals surface area contributed by atoms with E-state index in [9.17, 15) is 0 Å². The molecule has 0 unspecified atom stereocenters. The Morgan fingerprint density at radius 1 is 0.500 bits per heavy atom. The summed E-state index contributed by atoms with van der Waals surface area (Å²) < 4.78 is 9.70. The lowest BCUT2D eigenvalue weighted by Crippen LogP contribution is -2.37. The summed E-state index contributed by atoms with van der Waals surface area (Å²) >= 11 is 0. The van der Waals surface area contributed by atoms with Crippen LogP contribution < -0.4 is 10.1 Å². The van der Waals surface area contributed by atoms with E-state index in [1.54, 1.807) is 0 Å². The highest BCUT2D eigenvalue weighted by Crippen LogP contribution is 2.61. The van der Waals surface area contributed by atoms with Crippen LogP contribution in [0, 0.1) is 0 Å². The average molecular weight is 813 g/mol. The third-order valence-corrected chi connectivity index (χ3v) is 15.3. The Morgan fingerprint density at radius 3 is 1.81 bits per heavy atom. The highest BCUT2D eigenvalue weighted by molar-refractivity contribution is 6.88. The molecule has 0 radical (unpaired) electrons. The number of benzene rings is 9. The molecule has 3 nitrogen and oxygen atoms in total. The van der Waals surface area contributed by atoms with E-state index in [1.807, 2.05) is 0 Å². The molecule has 0 N–H and O–H groups in total. The zero-order valence-electron chi connectivity index (χ0n) is 35.0. The van der Waals surface area contributed by atoms with E-state index in [4.69, 9.17) is 4.42 Å². The van der Waals surface area contributed by atoms with Gasteiger partial charge in [0.05, 0.1) is 41.3 Å². The van der Waals surface area contributed by atoms with Crippen molar-refractivity contribution in [3.8, 4) is 16.8 Å². The van der Waals surface area contributed by atoms with Crippen LogP contribution in [0.3, 0.4) is 0 Å². The number of anilines is 3. The van der Waals surface area contributed by atoms with Crippen LogP contribution in [0.2, 0.25) is 19.6 Å². The zero-order chi connectivity index (χ0) is 41.6. The van der Waals surface area contributed by atoms with Crippen molar-refractivity contribution in [2.45, 2.75) is 25.1 Å². The van der Waals surface area contributed by atoms with Gasteiger partial charge in [-0.25, -0.2) is 0 Å². The minimum absolute atomic E-state index is 0.630. The predicted molar refractivity (Wildman–Crippen MR) is 263 cm³/mol. The molecule has 2 heterocycles. The first kappa shape index (κ1) is 36.4. The molecule has 12 rings (SSSR count). The van der Waals surface area contributed by atoms with Gasteiger partial charge < -0.3 is 13.9 Å². The van der Waals surface area contributed by atoms with Gasteiger partial charge in [0.2, 0.25) is 0 Å². The van der Waals surface area contributed by atoms with E-state index in [2.05, 4.69) is 241 Å². The fourth-order valence-corrected chi connectivity index (χ4v) is 11.7. The number of furan rings is 1. The first-order valence-corrected chi connectivity index (χ1v) is 25.1. The van der Waals surface area contributed by atoms with Gasteiger partial charge in [-0.3, -0.25) is 0 Å². The first-order chi connectivity index (χ1) is 30.4. The Bertz CT molecular complexity index is 3450. The van der Waals surface area contributed by atoms with E-state index in [1.165, 1.54) is 49.3 Å². The summed E-state index contributed by atoms with van der Waals surface area (Å²) in [6, 6.07) is 78.1. The zero-order valence-corrected chi connectivity index (χ0v) is 36.0. The molecule has 0 amide bonds. The van der Waals surface area contributed by atoms with Crippen LogP contribution >= 0.6 is 0 Å². The van der Waals surface area contributed by atoms with E-state index >= 15 is 0 Å². The second kappa shape index (κ2) is 13.8. The number of aromatic nitrogens is 1. The number of hydrogen-bond acceptors (Lipinski definition) is 2. The topological polar surface area (TPSA) is 21.3 Å². The van der Waals surface area contributed by atoms with Crippen LogP contribution in [-0.2, 0) is 5.41 Å². The number of rotatable bonds is 7. The summed E-state index contributed by atoms with van der Waals surface area (Å²) in [7, 11) is -1.62. The first-order valence-electron chi connectivity index (χ1n) is 21.6. The highest BCUT2D eigenvalue weighted by atomic mass is 28.3. The van der Waals surface area contributed by atoms with Crippen LogP contribution in [0.1, 0.15) is 22.3 Å². The summed E-state index contributed by atoms with van der Waals surface area (Å²) in [5.41, 5.74) is 15.1. The minimum Gasteiger partial charge on any atom is -0.455 e. The number of nitrogens with zero attached hydrogens (tertiary/aromatic N) is 2. The lowest BCUT2D eigenvalue weighted by molar-refractivity contribution is 0.669. The second-order valence-electron chi connectivity index (χ2n) is 17.6. The molecule has 0 bridgehead atoms. The number of hydrogen-bond donors (Lipinski definition) is 0. The lowest BCUT2D eigenvalue weighted by atomic mass is 9.67. The lowest BCUT2D eigenvalue weighted by Gasteiger charge is -2.35. The van der Waals surface area contributed by atoms with Crippen LogP contribution in [0.15, 0.2) is 217 Å². The molecule has 9 aromatic carbocycles. The average Bonchev–Trinajstić information content (AvgIpc) is 3.97. The summed E-state index contributed by atoms with van der Waals surface area (Å²) in [4.78, 5) is 2.53. The van der Waals surface area contributed by atoms with Crippen molar-refractivity contribution < 1.29 is 4.42 Å². The molecule has 0 aliphatic heterocycles. The van der Waals surface area contributed by atoms with Crippen molar-refractivity contribution in [3.63, 3.8) is 0 Å². The van der Waals surface area contributed by atoms with Gasteiger partial charge in [0.1, 0.15) is 11.2 Å². The van der Waals surface area contributed by atoms with Gasteiger partial charge in [0.15, 0.2) is 0 Å². The molecule has 1 aliphatic rings. The van der Waals surface area contributed by atoms with E-state index in [0.717, 1.165) is 55.8 Å². The fourth-order valence-electron chi connectivity index (χ4n) is 10.5. The maximum Gasteiger partial charge on any atom is 0.145 e. The third-order valence-electron chi connectivity index (χ3n) is 13.2. The van der Waals surface area contributed by atoms with E-state index < -0.39 is 13.5 Å². The fraction of sp³-hybridized carbons (Fsp3) is 0.0690. The predicted octanol–water partition coefficient (Wildman–Crippen LogP) is 15.1. The van der Waals surface area contributed by atoms with Gasteiger partial charge in [-0.1, -0.05) is 189 Å². The SMILES string of the molecule is C[Si](C)(C)c1ccc(N(c2cc3c(c4oc5ccccc5c24)-c2ccccc2C3(c2ccccc2)c2ccccc2)c2cccc3c4ccccc4n(-c4ccccc4)c23)cc1.